The van der Waals surface area contributed by atoms with Crippen LogP contribution < -0.4 is 0 Å². The predicted molar refractivity (Wildman–Crippen MR) is 35.6 cm³/mol. The molecule has 0 aromatic rings. The average molecular weight is 256 g/mol. The molecule has 1 rings (SSSR count). The van der Waals surface area contributed by atoms with E-state index < -0.39 is 0 Å². The zero-order valence-corrected chi connectivity index (χ0v) is 7.52. The van der Waals surface area contributed by atoms with Gasteiger partial charge in [0.1, 0.15) is 0 Å². The van der Waals surface area contributed by atoms with Crippen LogP contribution in [0.4, 0.5) is 0 Å². The fourth-order valence-corrected chi connectivity index (χ4v) is 1.86. The molecule has 0 aliphatic carbocycles. The van der Waals surface area contributed by atoms with Crippen LogP contribution >= 0.6 is 21.1 Å². The first-order valence-corrected chi connectivity index (χ1v) is 5.41. The van der Waals surface area contributed by atoms with Crippen molar-refractivity contribution in [3.05, 3.63) is 23.4 Å². The molecule has 0 fully saturated rings. The van der Waals surface area contributed by atoms with E-state index in [9.17, 15) is 0 Å². The molecule has 1 aliphatic rings. The van der Waals surface area contributed by atoms with Crippen molar-refractivity contribution in [3.63, 3.8) is 0 Å². The molecule has 0 saturated carbocycles. The molecule has 0 atom stereocenters. The number of nitrogens with zero attached hydrogens (tertiary/aromatic N) is 1. The number of hydrogen-bond acceptors (Lipinski definition) is 1. The minimum absolute atomic E-state index is 0.115. The Kier molecular flexibility index (Phi) is 3.08. The molecule has 0 amide bonds. The topological polar surface area (TPSA) is 3.24 Å². The van der Waals surface area contributed by atoms with Gasteiger partial charge in [-0.25, -0.2) is 0 Å². The van der Waals surface area contributed by atoms with Gasteiger partial charge in [0.2, 0.25) is 0 Å². The molecular weight excluding hydrogens is 251 g/mol. The minimum atomic E-state index is 0.115. The number of rotatable bonds is 1. The summed E-state index contributed by atoms with van der Waals surface area (Å²) in [5.41, 5.74) is 0. The molecule has 0 spiro atoms. The summed E-state index contributed by atoms with van der Waals surface area (Å²) < 4.78 is 1.97. The Balaban J connectivity index is 2.51. The van der Waals surface area contributed by atoms with Gasteiger partial charge in [-0.1, -0.05) is 0 Å². The van der Waals surface area contributed by atoms with Crippen molar-refractivity contribution in [1.82, 2.24) is 3.53 Å². The first-order chi connectivity index (χ1) is 4.33. The van der Waals surface area contributed by atoms with Crippen LogP contribution in [0.15, 0.2) is 23.4 Å². The van der Waals surface area contributed by atoms with E-state index in [2.05, 4.69) is 0 Å². The fraction of sp³-hybridized carbons (Fsp3) is 0.200. The quantitative estimate of drug-likeness (QED) is 0.649. The SMILES string of the molecule is [Cl][Pd][N]1C=CC=C(Cl)C1. The molecule has 1 nitrogen and oxygen atoms in total. The van der Waals surface area contributed by atoms with Gasteiger partial charge in [0.15, 0.2) is 0 Å². The third-order valence-electron chi connectivity index (χ3n) is 0.877. The van der Waals surface area contributed by atoms with E-state index in [4.69, 9.17) is 21.1 Å². The van der Waals surface area contributed by atoms with Crippen LogP contribution in [0.2, 0.25) is 0 Å². The van der Waals surface area contributed by atoms with Crippen LogP contribution in [0.25, 0.3) is 0 Å². The van der Waals surface area contributed by atoms with Gasteiger partial charge in [0.25, 0.3) is 0 Å². The first kappa shape index (κ1) is 7.63. The van der Waals surface area contributed by atoms with Crippen LogP contribution in [0.3, 0.4) is 0 Å². The second kappa shape index (κ2) is 3.63. The molecule has 0 bridgehead atoms. The van der Waals surface area contributed by atoms with E-state index in [0.29, 0.717) is 0 Å². The van der Waals surface area contributed by atoms with Crippen molar-refractivity contribution < 1.29 is 17.2 Å². The fourth-order valence-electron chi connectivity index (χ4n) is 0.513. The third kappa shape index (κ3) is 2.31. The first-order valence-electron chi connectivity index (χ1n) is 2.33. The summed E-state index contributed by atoms with van der Waals surface area (Å²) in [6.07, 6.45) is 5.71. The van der Waals surface area contributed by atoms with Crippen molar-refractivity contribution >= 4 is 21.1 Å². The molecule has 54 valence electrons. The van der Waals surface area contributed by atoms with E-state index in [-0.39, 0.29) is 17.2 Å². The van der Waals surface area contributed by atoms with E-state index >= 15 is 0 Å². The van der Waals surface area contributed by atoms with Crippen LogP contribution in [0.1, 0.15) is 0 Å². The van der Waals surface area contributed by atoms with Crippen molar-refractivity contribution in [2.24, 2.45) is 0 Å². The van der Waals surface area contributed by atoms with Gasteiger partial charge in [-0.05, 0) is 0 Å². The summed E-state index contributed by atoms with van der Waals surface area (Å²) in [6.45, 7) is 0.760. The summed E-state index contributed by atoms with van der Waals surface area (Å²) in [7, 11) is 5.58. The van der Waals surface area contributed by atoms with Gasteiger partial charge >= 0.3 is 71.8 Å². The second-order valence-electron chi connectivity index (χ2n) is 1.53. The summed E-state index contributed by atoms with van der Waals surface area (Å²) in [4.78, 5) is 0. The third-order valence-corrected chi connectivity index (χ3v) is 2.75. The number of halogens is 2. The average Bonchev–Trinajstić information content (AvgIpc) is 1.88. The Hall–Kier alpha value is 0.522. The normalized spacial score (nSPS) is 18.4. The molecular formula is C5H5Cl2NPd. The molecule has 0 unspecified atom stereocenters. The Morgan fingerprint density at radius 1 is 1.67 bits per heavy atom. The van der Waals surface area contributed by atoms with Crippen molar-refractivity contribution in [2.45, 2.75) is 0 Å². The molecule has 1 aliphatic heterocycles. The molecule has 1 heterocycles. The molecule has 4 heteroatoms. The van der Waals surface area contributed by atoms with Gasteiger partial charge in [0.05, 0.1) is 0 Å². The molecule has 9 heavy (non-hydrogen) atoms. The molecule has 0 radical (unpaired) electrons. The van der Waals surface area contributed by atoms with Crippen molar-refractivity contribution in [1.29, 1.82) is 0 Å². The maximum absolute atomic E-state index is 5.71. The van der Waals surface area contributed by atoms with Crippen LogP contribution in [0, 0.1) is 0 Å². The summed E-state index contributed by atoms with van der Waals surface area (Å²) >= 11 is 5.82. The van der Waals surface area contributed by atoms with Crippen LogP contribution in [-0.2, 0) is 17.2 Å². The van der Waals surface area contributed by atoms with E-state index in [1.807, 2.05) is 21.9 Å². The zero-order valence-electron chi connectivity index (χ0n) is 4.46. The van der Waals surface area contributed by atoms with Gasteiger partial charge in [-0.3, -0.25) is 0 Å². The Labute approximate surface area is 71.7 Å². The van der Waals surface area contributed by atoms with Crippen molar-refractivity contribution in [2.75, 3.05) is 6.54 Å². The molecule has 0 N–H and O–H groups in total. The summed E-state index contributed by atoms with van der Waals surface area (Å²) in [5, 5.41) is 0.844. The van der Waals surface area contributed by atoms with E-state index in [1.165, 1.54) is 0 Å². The Morgan fingerprint density at radius 3 is 2.89 bits per heavy atom. The Morgan fingerprint density at radius 2 is 2.44 bits per heavy atom. The van der Waals surface area contributed by atoms with E-state index in [1.54, 1.807) is 0 Å². The van der Waals surface area contributed by atoms with Gasteiger partial charge in [-0.2, -0.15) is 0 Å². The monoisotopic (exact) mass is 255 g/mol. The standard InChI is InChI=1S/C5H5ClN.ClH.Pd/c6-5-2-1-3-7-4-5;;/h1-3H,4H2;1H;/q-1;;+2/p-1. The predicted octanol–water partition coefficient (Wildman–Crippen LogP) is 2.09. The number of hydrogen-bond donors (Lipinski definition) is 0. The molecule has 0 saturated heterocycles. The molecule has 0 aromatic carbocycles. The molecule has 0 aromatic heterocycles. The van der Waals surface area contributed by atoms with Gasteiger partial charge in [0, 0.05) is 0 Å². The van der Waals surface area contributed by atoms with Crippen LogP contribution in [-0.4, -0.2) is 10.1 Å². The van der Waals surface area contributed by atoms with Gasteiger partial charge < -0.3 is 0 Å². The van der Waals surface area contributed by atoms with Crippen LogP contribution in [0.5, 0.6) is 0 Å². The summed E-state index contributed by atoms with van der Waals surface area (Å²) in [5.74, 6) is 0. The Bertz CT molecular complexity index is 155. The van der Waals surface area contributed by atoms with Crippen molar-refractivity contribution in [3.8, 4) is 0 Å². The number of allylic oxidation sites excluding steroid dienone is 2. The second-order valence-corrected chi connectivity index (χ2v) is 3.80. The van der Waals surface area contributed by atoms with Gasteiger partial charge in [-0.15, -0.1) is 0 Å². The summed E-state index contributed by atoms with van der Waals surface area (Å²) in [6, 6.07) is 0. The zero-order chi connectivity index (χ0) is 6.69. The van der Waals surface area contributed by atoms with E-state index in [0.717, 1.165) is 11.6 Å². The maximum atomic E-state index is 5.71.